The van der Waals surface area contributed by atoms with Crippen molar-refractivity contribution in [1.82, 2.24) is 9.78 Å². The van der Waals surface area contributed by atoms with Crippen LogP contribution in [0.1, 0.15) is 5.69 Å². The molecule has 1 aromatic heterocycles. The predicted octanol–water partition coefficient (Wildman–Crippen LogP) is 1.96. The molecular formula is C11H13N5O2. The monoisotopic (exact) mass is 247 g/mol. The zero-order valence-electron chi connectivity index (χ0n) is 10.0. The quantitative estimate of drug-likeness (QED) is 0.490. The van der Waals surface area contributed by atoms with E-state index in [9.17, 15) is 10.1 Å². The van der Waals surface area contributed by atoms with Crippen LogP contribution in [-0.4, -0.2) is 14.7 Å². The number of aryl methyl sites for hydroxylation is 2. The number of nitrogens with two attached hydrogens (primary N) is 1. The Labute approximate surface area is 103 Å². The lowest BCUT2D eigenvalue weighted by atomic mass is 10.2. The van der Waals surface area contributed by atoms with Crippen molar-refractivity contribution >= 4 is 22.7 Å². The van der Waals surface area contributed by atoms with E-state index < -0.39 is 4.92 Å². The average Bonchev–Trinajstić information content (AvgIpc) is 2.60. The van der Waals surface area contributed by atoms with Gasteiger partial charge in [0.25, 0.3) is 5.69 Å². The Morgan fingerprint density at radius 1 is 1.44 bits per heavy atom. The molecule has 0 radical (unpaired) electrons. The highest BCUT2D eigenvalue weighted by Gasteiger charge is 2.10. The number of hydrogen-bond donors (Lipinski definition) is 2. The van der Waals surface area contributed by atoms with E-state index in [4.69, 9.17) is 5.73 Å². The van der Waals surface area contributed by atoms with Crippen LogP contribution in [0.2, 0.25) is 0 Å². The van der Waals surface area contributed by atoms with Crippen LogP contribution >= 0.6 is 0 Å². The van der Waals surface area contributed by atoms with Gasteiger partial charge in [0.2, 0.25) is 0 Å². The van der Waals surface area contributed by atoms with Crippen LogP contribution in [0.15, 0.2) is 24.4 Å². The molecule has 1 aromatic carbocycles. The Hall–Kier alpha value is -2.57. The number of nitrogens with one attached hydrogen (secondary N) is 1. The van der Waals surface area contributed by atoms with Crippen LogP contribution in [-0.2, 0) is 7.05 Å². The number of benzene rings is 1. The van der Waals surface area contributed by atoms with Gasteiger partial charge in [-0.25, -0.2) is 0 Å². The molecule has 0 atom stereocenters. The van der Waals surface area contributed by atoms with Crippen LogP contribution in [0.25, 0.3) is 0 Å². The second-order valence-corrected chi connectivity index (χ2v) is 3.96. The summed E-state index contributed by atoms with van der Waals surface area (Å²) in [6.45, 7) is 1.86. The fourth-order valence-corrected chi connectivity index (χ4v) is 1.64. The molecule has 1 heterocycles. The molecule has 2 rings (SSSR count). The molecule has 0 aliphatic carbocycles. The number of anilines is 3. The lowest BCUT2D eigenvalue weighted by Crippen LogP contribution is -1.98. The molecule has 0 saturated heterocycles. The molecule has 7 heteroatoms. The molecule has 2 aromatic rings. The molecule has 0 bridgehead atoms. The zero-order chi connectivity index (χ0) is 13.3. The number of non-ortho nitro benzene ring substituents is 1. The topological polar surface area (TPSA) is 99.0 Å². The Morgan fingerprint density at radius 2 is 2.17 bits per heavy atom. The van der Waals surface area contributed by atoms with E-state index in [1.165, 1.54) is 12.1 Å². The minimum atomic E-state index is -0.477. The first-order valence-corrected chi connectivity index (χ1v) is 5.28. The summed E-state index contributed by atoms with van der Waals surface area (Å²) in [5.74, 6) is 0. The molecule has 0 spiro atoms. The van der Waals surface area contributed by atoms with Gasteiger partial charge in [-0.3, -0.25) is 14.8 Å². The van der Waals surface area contributed by atoms with Gasteiger partial charge in [-0.05, 0) is 13.0 Å². The summed E-state index contributed by atoms with van der Waals surface area (Å²) in [6, 6.07) is 4.32. The highest BCUT2D eigenvalue weighted by molar-refractivity contribution is 5.75. The Bertz CT molecular complexity index is 605. The van der Waals surface area contributed by atoms with Crippen LogP contribution < -0.4 is 11.1 Å². The van der Waals surface area contributed by atoms with Gasteiger partial charge < -0.3 is 11.1 Å². The van der Waals surface area contributed by atoms with Crippen molar-refractivity contribution in [1.29, 1.82) is 0 Å². The molecule has 0 amide bonds. The smallest absolute Gasteiger partial charge is 0.271 e. The van der Waals surface area contributed by atoms with Crippen molar-refractivity contribution in [2.75, 3.05) is 11.1 Å². The highest BCUT2D eigenvalue weighted by atomic mass is 16.6. The summed E-state index contributed by atoms with van der Waals surface area (Å²) in [5.41, 5.74) is 8.34. The molecule has 0 fully saturated rings. The van der Waals surface area contributed by atoms with E-state index in [1.807, 2.05) is 20.2 Å². The zero-order valence-corrected chi connectivity index (χ0v) is 10.0. The predicted molar refractivity (Wildman–Crippen MR) is 68.7 cm³/mol. The van der Waals surface area contributed by atoms with Gasteiger partial charge in [0.05, 0.1) is 27.7 Å². The molecule has 0 unspecified atom stereocenters. The fourth-order valence-electron chi connectivity index (χ4n) is 1.64. The van der Waals surface area contributed by atoms with Gasteiger partial charge in [0, 0.05) is 25.4 Å². The minimum absolute atomic E-state index is 0.0269. The maximum absolute atomic E-state index is 10.6. The van der Waals surface area contributed by atoms with Crippen molar-refractivity contribution in [2.45, 2.75) is 6.92 Å². The van der Waals surface area contributed by atoms with E-state index in [-0.39, 0.29) is 5.69 Å². The molecule has 0 aliphatic rings. The summed E-state index contributed by atoms with van der Waals surface area (Å²) in [4.78, 5) is 10.1. The van der Waals surface area contributed by atoms with Crippen molar-refractivity contribution in [2.24, 2.45) is 7.05 Å². The number of nitro groups is 1. The van der Waals surface area contributed by atoms with Crippen LogP contribution in [0.3, 0.4) is 0 Å². The summed E-state index contributed by atoms with van der Waals surface area (Å²) in [5, 5.41) is 17.9. The van der Waals surface area contributed by atoms with E-state index >= 15 is 0 Å². The Balaban J connectivity index is 2.30. The lowest BCUT2D eigenvalue weighted by Gasteiger charge is -2.07. The maximum Gasteiger partial charge on any atom is 0.271 e. The van der Waals surface area contributed by atoms with Crippen molar-refractivity contribution in [3.8, 4) is 0 Å². The molecule has 0 saturated carbocycles. The first kappa shape index (κ1) is 11.9. The average molecular weight is 247 g/mol. The second-order valence-electron chi connectivity index (χ2n) is 3.96. The summed E-state index contributed by atoms with van der Waals surface area (Å²) in [6.07, 6.45) is 1.82. The van der Waals surface area contributed by atoms with Gasteiger partial charge in [0.15, 0.2) is 0 Å². The van der Waals surface area contributed by atoms with Gasteiger partial charge in [0.1, 0.15) is 0 Å². The third-order valence-corrected chi connectivity index (χ3v) is 2.53. The molecule has 7 nitrogen and oxygen atoms in total. The van der Waals surface area contributed by atoms with Crippen molar-refractivity contribution in [3.05, 3.63) is 40.2 Å². The number of nitrogen functional groups attached to an aromatic ring is 1. The van der Waals surface area contributed by atoms with Crippen LogP contribution in [0, 0.1) is 17.0 Å². The van der Waals surface area contributed by atoms with Gasteiger partial charge in [-0.15, -0.1) is 0 Å². The van der Waals surface area contributed by atoms with Crippen molar-refractivity contribution in [3.63, 3.8) is 0 Å². The standard InChI is InChI=1S/C11H13N5O2/c1-7-11(6-15(2)14-7)13-10-4-3-8(16(17)18)5-9(10)12/h3-6,13H,12H2,1-2H3. The maximum atomic E-state index is 10.6. The summed E-state index contributed by atoms with van der Waals surface area (Å²) in [7, 11) is 1.82. The number of hydrogen-bond acceptors (Lipinski definition) is 5. The molecule has 0 aliphatic heterocycles. The van der Waals surface area contributed by atoms with E-state index in [1.54, 1.807) is 10.7 Å². The molecule has 3 N–H and O–H groups in total. The molecule has 94 valence electrons. The Kier molecular flexibility index (Phi) is 2.88. The number of nitrogens with zero attached hydrogens (tertiary/aromatic N) is 3. The van der Waals surface area contributed by atoms with Crippen molar-refractivity contribution < 1.29 is 4.92 Å². The van der Waals surface area contributed by atoms with Crippen LogP contribution in [0.5, 0.6) is 0 Å². The largest absolute Gasteiger partial charge is 0.397 e. The van der Waals surface area contributed by atoms with Crippen LogP contribution in [0.4, 0.5) is 22.7 Å². The van der Waals surface area contributed by atoms with E-state index in [0.717, 1.165) is 11.4 Å². The first-order chi connectivity index (χ1) is 8.47. The lowest BCUT2D eigenvalue weighted by molar-refractivity contribution is -0.384. The van der Waals surface area contributed by atoms with Gasteiger partial charge >= 0.3 is 0 Å². The summed E-state index contributed by atoms with van der Waals surface area (Å²) < 4.78 is 1.68. The number of rotatable bonds is 3. The third kappa shape index (κ3) is 2.24. The SMILES string of the molecule is Cc1nn(C)cc1Nc1ccc([N+](=O)[O-])cc1N. The highest BCUT2D eigenvalue weighted by Crippen LogP contribution is 2.27. The van der Waals surface area contributed by atoms with Gasteiger partial charge in [-0.2, -0.15) is 5.10 Å². The minimum Gasteiger partial charge on any atom is -0.397 e. The fraction of sp³-hybridized carbons (Fsp3) is 0.182. The number of nitro benzene ring substituents is 1. The summed E-state index contributed by atoms with van der Waals surface area (Å²) >= 11 is 0. The molecular weight excluding hydrogens is 234 g/mol. The number of aromatic nitrogens is 2. The second kappa shape index (κ2) is 4.36. The van der Waals surface area contributed by atoms with Gasteiger partial charge in [-0.1, -0.05) is 0 Å². The third-order valence-electron chi connectivity index (χ3n) is 2.53. The normalized spacial score (nSPS) is 10.3. The molecule has 18 heavy (non-hydrogen) atoms. The first-order valence-electron chi connectivity index (χ1n) is 5.28. The van der Waals surface area contributed by atoms with E-state index in [0.29, 0.717) is 11.4 Å². The van der Waals surface area contributed by atoms with E-state index in [2.05, 4.69) is 10.4 Å². The Morgan fingerprint density at radius 3 is 2.67 bits per heavy atom.